The lowest BCUT2D eigenvalue weighted by molar-refractivity contribution is 0.0942. The summed E-state index contributed by atoms with van der Waals surface area (Å²) in [5.41, 5.74) is 1.56. The van der Waals surface area contributed by atoms with E-state index in [0.717, 1.165) is 30.8 Å². The van der Waals surface area contributed by atoms with Crippen molar-refractivity contribution >= 4 is 5.91 Å². The molecule has 0 saturated carbocycles. The molecule has 0 spiro atoms. The van der Waals surface area contributed by atoms with Gasteiger partial charge in [-0.2, -0.15) is 0 Å². The molecule has 0 aliphatic heterocycles. The molecule has 0 saturated heterocycles. The second-order valence-corrected chi connectivity index (χ2v) is 5.29. The molecular formula is C17H27NO3. The molecule has 0 aliphatic carbocycles. The third kappa shape index (κ3) is 6.17. The summed E-state index contributed by atoms with van der Waals surface area (Å²) in [7, 11) is 0. The van der Waals surface area contributed by atoms with Gasteiger partial charge in [-0.3, -0.25) is 4.79 Å². The van der Waals surface area contributed by atoms with Gasteiger partial charge >= 0.3 is 0 Å². The summed E-state index contributed by atoms with van der Waals surface area (Å²) in [6.45, 7) is 9.76. The van der Waals surface area contributed by atoms with E-state index in [1.165, 1.54) is 0 Å². The van der Waals surface area contributed by atoms with Gasteiger partial charge in [-0.05, 0) is 45.4 Å². The Hall–Kier alpha value is -1.55. The van der Waals surface area contributed by atoms with Crippen LogP contribution in [0.25, 0.3) is 0 Å². The Labute approximate surface area is 127 Å². The molecule has 0 aliphatic rings. The highest BCUT2D eigenvalue weighted by Crippen LogP contribution is 2.21. The van der Waals surface area contributed by atoms with Crippen LogP contribution in [0.3, 0.4) is 0 Å². The Morgan fingerprint density at radius 1 is 1.29 bits per heavy atom. The number of amides is 1. The van der Waals surface area contributed by atoms with Gasteiger partial charge in [0.25, 0.3) is 5.91 Å². The normalized spacial score (nSPS) is 10.7. The molecule has 0 heterocycles. The van der Waals surface area contributed by atoms with Crippen LogP contribution in [-0.4, -0.2) is 25.2 Å². The molecule has 0 radical (unpaired) electrons. The van der Waals surface area contributed by atoms with Crippen LogP contribution < -0.4 is 10.1 Å². The van der Waals surface area contributed by atoms with Gasteiger partial charge in [0.15, 0.2) is 0 Å². The summed E-state index contributed by atoms with van der Waals surface area (Å²) < 4.78 is 11.2. The first kappa shape index (κ1) is 17.5. The molecule has 4 nitrogen and oxygen atoms in total. The molecular weight excluding hydrogens is 266 g/mol. The van der Waals surface area contributed by atoms with Crippen LogP contribution in [0.2, 0.25) is 0 Å². The van der Waals surface area contributed by atoms with Crippen molar-refractivity contribution < 1.29 is 14.3 Å². The van der Waals surface area contributed by atoms with Crippen molar-refractivity contribution in [3.05, 3.63) is 29.3 Å². The van der Waals surface area contributed by atoms with Crippen molar-refractivity contribution in [3.8, 4) is 5.75 Å². The minimum Gasteiger partial charge on any atom is -0.494 e. The van der Waals surface area contributed by atoms with Crippen molar-refractivity contribution in [2.75, 3.05) is 13.2 Å². The maximum Gasteiger partial charge on any atom is 0.251 e. The molecule has 0 fully saturated rings. The molecule has 1 amide bonds. The molecule has 118 valence electrons. The van der Waals surface area contributed by atoms with E-state index in [-0.39, 0.29) is 11.9 Å². The number of unbranched alkanes of at least 4 members (excludes halogenated alkanes) is 1. The van der Waals surface area contributed by atoms with Crippen LogP contribution in [0.1, 0.15) is 56.5 Å². The molecule has 0 unspecified atom stereocenters. The number of ether oxygens (including phenoxy) is 2. The predicted molar refractivity (Wildman–Crippen MR) is 84.8 cm³/mol. The molecule has 4 heteroatoms. The number of carbonyl (C=O) groups excluding carboxylic acids is 1. The topological polar surface area (TPSA) is 47.6 Å². The number of rotatable bonds is 9. The van der Waals surface area contributed by atoms with Crippen LogP contribution in [0.15, 0.2) is 18.2 Å². The molecule has 21 heavy (non-hydrogen) atoms. The number of nitrogens with one attached hydrogen (secondary N) is 1. The Kier molecular flexibility index (Phi) is 7.83. The van der Waals surface area contributed by atoms with Crippen LogP contribution in [0.5, 0.6) is 5.75 Å². The third-order valence-electron chi connectivity index (χ3n) is 2.94. The number of carbonyl (C=O) groups is 1. The monoisotopic (exact) mass is 293 g/mol. The fourth-order valence-corrected chi connectivity index (χ4v) is 1.90. The maximum absolute atomic E-state index is 12.1. The lowest BCUT2D eigenvalue weighted by Gasteiger charge is -2.13. The van der Waals surface area contributed by atoms with Crippen molar-refractivity contribution in [1.82, 2.24) is 5.32 Å². The summed E-state index contributed by atoms with van der Waals surface area (Å²) >= 11 is 0. The predicted octanol–water partition coefficient (Wildman–Crippen LogP) is 3.54. The van der Waals surface area contributed by atoms with Gasteiger partial charge in [-0.25, -0.2) is 0 Å². The first-order valence-corrected chi connectivity index (χ1v) is 7.72. The van der Waals surface area contributed by atoms with E-state index in [9.17, 15) is 4.79 Å². The van der Waals surface area contributed by atoms with Gasteiger partial charge in [0, 0.05) is 23.8 Å². The lowest BCUT2D eigenvalue weighted by atomic mass is 10.1. The van der Waals surface area contributed by atoms with Gasteiger partial charge in [-0.15, -0.1) is 0 Å². The summed E-state index contributed by atoms with van der Waals surface area (Å²) in [5.74, 6) is 0.720. The minimum absolute atomic E-state index is 0.0668. The van der Waals surface area contributed by atoms with Gasteiger partial charge < -0.3 is 14.8 Å². The quantitative estimate of drug-likeness (QED) is 0.708. The minimum atomic E-state index is -0.0668. The summed E-state index contributed by atoms with van der Waals surface area (Å²) in [5, 5.41) is 2.89. The second-order valence-electron chi connectivity index (χ2n) is 5.29. The molecule has 1 aromatic carbocycles. The fourth-order valence-electron chi connectivity index (χ4n) is 1.90. The van der Waals surface area contributed by atoms with Crippen LogP contribution >= 0.6 is 0 Å². The van der Waals surface area contributed by atoms with Crippen molar-refractivity contribution in [2.24, 2.45) is 0 Å². The number of hydrogen-bond donors (Lipinski definition) is 1. The van der Waals surface area contributed by atoms with Gasteiger partial charge in [-0.1, -0.05) is 13.3 Å². The number of hydrogen-bond acceptors (Lipinski definition) is 3. The summed E-state index contributed by atoms with van der Waals surface area (Å²) in [4.78, 5) is 12.1. The maximum atomic E-state index is 12.1. The Balaban J connectivity index is 2.81. The Bertz CT molecular complexity index is 444. The average Bonchev–Trinajstić information content (AvgIpc) is 2.44. The molecule has 1 aromatic rings. The van der Waals surface area contributed by atoms with E-state index in [0.29, 0.717) is 18.8 Å². The molecule has 1 N–H and O–H groups in total. The van der Waals surface area contributed by atoms with Crippen molar-refractivity contribution in [3.63, 3.8) is 0 Å². The van der Waals surface area contributed by atoms with E-state index in [1.54, 1.807) is 6.07 Å². The average molecular weight is 293 g/mol. The highest BCUT2D eigenvalue weighted by molar-refractivity contribution is 5.94. The largest absolute Gasteiger partial charge is 0.494 e. The SMILES string of the molecule is CCCCOCc1cc(C(=O)NC(C)C)ccc1OCC. The molecule has 0 aromatic heterocycles. The lowest BCUT2D eigenvalue weighted by Crippen LogP contribution is -2.30. The van der Waals surface area contributed by atoms with Crippen LogP contribution in [0, 0.1) is 0 Å². The second kappa shape index (κ2) is 9.40. The molecule has 1 rings (SSSR count). The van der Waals surface area contributed by atoms with Crippen molar-refractivity contribution in [1.29, 1.82) is 0 Å². The van der Waals surface area contributed by atoms with Crippen LogP contribution in [0.4, 0.5) is 0 Å². The first-order chi connectivity index (χ1) is 10.1. The molecule has 0 atom stereocenters. The standard InChI is InChI=1S/C17H27NO3/c1-5-7-10-20-12-15-11-14(17(19)18-13(3)4)8-9-16(15)21-6-2/h8-9,11,13H,5-7,10,12H2,1-4H3,(H,18,19). The van der Waals surface area contributed by atoms with Gasteiger partial charge in [0.2, 0.25) is 0 Å². The van der Waals surface area contributed by atoms with E-state index < -0.39 is 0 Å². The summed E-state index contributed by atoms with van der Waals surface area (Å²) in [6, 6.07) is 5.61. The highest BCUT2D eigenvalue weighted by Gasteiger charge is 2.11. The third-order valence-corrected chi connectivity index (χ3v) is 2.94. The van der Waals surface area contributed by atoms with E-state index >= 15 is 0 Å². The Morgan fingerprint density at radius 3 is 2.67 bits per heavy atom. The smallest absolute Gasteiger partial charge is 0.251 e. The van der Waals surface area contributed by atoms with Crippen molar-refractivity contribution in [2.45, 2.75) is 53.2 Å². The Morgan fingerprint density at radius 2 is 2.05 bits per heavy atom. The first-order valence-electron chi connectivity index (χ1n) is 7.72. The van der Waals surface area contributed by atoms with Gasteiger partial charge in [0.1, 0.15) is 5.75 Å². The zero-order chi connectivity index (χ0) is 15.7. The zero-order valence-electron chi connectivity index (χ0n) is 13.6. The zero-order valence-corrected chi connectivity index (χ0v) is 13.6. The van der Waals surface area contributed by atoms with E-state index in [2.05, 4.69) is 12.2 Å². The summed E-state index contributed by atoms with van der Waals surface area (Å²) in [6.07, 6.45) is 2.15. The van der Waals surface area contributed by atoms with Crippen LogP contribution in [-0.2, 0) is 11.3 Å². The fraction of sp³-hybridized carbons (Fsp3) is 0.588. The van der Waals surface area contributed by atoms with Gasteiger partial charge in [0.05, 0.1) is 13.2 Å². The molecule has 0 bridgehead atoms. The highest BCUT2D eigenvalue weighted by atomic mass is 16.5. The van der Waals surface area contributed by atoms with E-state index in [1.807, 2.05) is 32.9 Å². The number of benzene rings is 1. The van der Waals surface area contributed by atoms with E-state index in [4.69, 9.17) is 9.47 Å².